The normalized spacial score (nSPS) is 17.3. The molecule has 0 aliphatic carbocycles. The molecule has 0 bridgehead atoms. The largest absolute Gasteiger partial charge is 0.481 e. The van der Waals surface area contributed by atoms with Gasteiger partial charge in [-0.15, -0.1) is 0 Å². The molecule has 0 atom stereocenters. The lowest BCUT2D eigenvalue weighted by molar-refractivity contribution is -0.137. The fraction of sp³-hybridized carbons (Fsp3) is 0.846. The van der Waals surface area contributed by atoms with Crippen molar-refractivity contribution < 1.29 is 27.9 Å². The molecule has 0 unspecified atom stereocenters. The van der Waals surface area contributed by atoms with Crippen molar-refractivity contribution in [2.24, 2.45) is 0 Å². The number of carboxylic acids is 1. The molecule has 1 rings (SSSR count). The molecule has 23 heavy (non-hydrogen) atoms. The molecule has 1 saturated heterocycles. The van der Waals surface area contributed by atoms with Gasteiger partial charge in [0.25, 0.3) is 10.2 Å². The molecule has 1 fully saturated rings. The number of rotatable bonds is 5. The van der Waals surface area contributed by atoms with E-state index in [-0.39, 0.29) is 39.1 Å². The number of aliphatic carboxylic acids is 1. The Hall–Kier alpha value is -1.39. The number of nitrogens with zero attached hydrogens (tertiary/aromatic N) is 3. The van der Waals surface area contributed by atoms with Crippen molar-refractivity contribution in [1.29, 1.82) is 0 Å². The fourth-order valence-electron chi connectivity index (χ4n) is 1.99. The molecule has 0 radical (unpaired) electrons. The van der Waals surface area contributed by atoms with Gasteiger partial charge in [-0.1, -0.05) is 0 Å². The van der Waals surface area contributed by atoms with Gasteiger partial charge in [0.05, 0.1) is 6.42 Å². The van der Waals surface area contributed by atoms with E-state index < -0.39 is 27.9 Å². The van der Waals surface area contributed by atoms with Gasteiger partial charge in [-0.3, -0.25) is 4.79 Å². The standard InChI is InChI=1S/C13H25N3O6S/c1-13(2,3)22-12(19)15-7-9-16(10-8-15)23(20,21)14(4)6-5-11(17)18/h5-10H2,1-4H3,(H,17,18). The van der Waals surface area contributed by atoms with Crippen LogP contribution in [-0.2, 0) is 19.7 Å². The predicted molar refractivity (Wildman–Crippen MR) is 83.2 cm³/mol. The van der Waals surface area contributed by atoms with Gasteiger partial charge in [-0.2, -0.15) is 17.0 Å². The van der Waals surface area contributed by atoms with E-state index in [1.165, 1.54) is 16.3 Å². The predicted octanol–water partition coefficient (Wildman–Crippen LogP) is 0.190. The molecule has 0 spiro atoms. The van der Waals surface area contributed by atoms with Crippen LogP contribution in [0, 0.1) is 0 Å². The van der Waals surface area contributed by atoms with Crippen molar-refractivity contribution >= 4 is 22.3 Å². The van der Waals surface area contributed by atoms with E-state index in [1.54, 1.807) is 20.8 Å². The van der Waals surface area contributed by atoms with Gasteiger partial charge in [-0.25, -0.2) is 4.79 Å². The van der Waals surface area contributed by atoms with Crippen LogP contribution in [0.1, 0.15) is 27.2 Å². The summed E-state index contributed by atoms with van der Waals surface area (Å²) in [7, 11) is -2.37. The third-order valence-corrected chi connectivity index (χ3v) is 5.24. The first-order valence-electron chi connectivity index (χ1n) is 7.34. The van der Waals surface area contributed by atoms with Crippen LogP contribution < -0.4 is 0 Å². The molecule has 1 aliphatic heterocycles. The maximum atomic E-state index is 12.3. The summed E-state index contributed by atoms with van der Waals surface area (Å²) in [6, 6.07) is 0. The quantitative estimate of drug-likeness (QED) is 0.758. The Morgan fingerprint density at radius 2 is 1.70 bits per heavy atom. The molecule has 0 saturated carbocycles. The topological polar surface area (TPSA) is 107 Å². The van der Waals surface area contributed by atoms with E-state index in [0.29, 0.717) is 0 Å². The third kappa shape index (κ3) is 5.96. The Morgan fingerprint density at radius 3 is 2.13 bits per heavy atom. The van der Waals surface area contributed by atoms with Crippen LogP contribution in [0.15, 0.2) is 0 Å². The minimum absolute atomic E-state index is 0.0933. The molecule has 1 amide bonds. The number of carbonyl (C=O) groups is 2. The van der Waals surface area contributed by atoms with Gasteiger partial charge in [0.15, 0.2) is 0 Å². The highest BCUT2D eigenvalue weighted by molar-refractivity contribution is 7.86. The van der Waals surface area contributed by atoms with Crippen LogP contribution in [0.4, 0.5) is 4.79 Å². The maximum Gasteiger partial charge on any atom is 0.410 e. The zero-order valence-electron chi connectivity index (χ0n) is 14.0. The summed E-state index contributed by atoms with van der Waals surface area (Å²) in [5, 5.41) is 8.63. The molecule has 0 aromatic rings. The number of ether oxygens (including phenoxy) is 1. The van der Waals surface area contributed by atoms with E-state index >= 15 is 0 Å². The minimum Gasteiger partial charge on any atom is -0.481 e. The van der Waals surface area contributed by atoms with Crippen LogP contribution in [0.5, 0.6) is 0 Å². The third-order valence-electron chi connectivity index (χ3n) is 3.25. The van der Waals surface area contributed by atoms with Gasteiger partial charge in [0.1, 0.15) is 5.60 Å². The van der Waals surface area contributed by atoms with Crippen LogP contribution >= 0.6 is 0 Å². The van der Waals surface area contributed by atoms with E-state index in [2.05, 4.69) is 0 Å². The zero-order valence-corrected chi connectivity index (χ0v) is 14.8. The average Bonchev–Trinajstić information content (AvgIpc) is 2.42. The molecule has 9 nitrogen and oxygen atoms in total. The van der Waals surface area contributed by atoms with Crippen molar-refractivity contribution in [2.45, 2.75) is 32.8 Å². The Labute approximate surface area is 137 Å². The van der Waals surface area contributed by atoms with Crippen LogP contribution in [0.3, 0.4) is 0 Å². The molecule has 1 heterocycles. The van der Waals surface area contributed by atoms with E-state index in [9.17, 15) is 18.0 Å². The second-order valence-electron chi connectivity index (χ2n) is 6.34. The summed E-state index contributed by atoms with van der Waals surface area (Å²) < 4.78 is 32.2. The lowest BCUT2D eigenvalue weighted by Crippen LogP contribution is -2.54. The van der Waals surface area contributed by atoms with Gasteiger partial charge < -0.3 is 14.7 Å². The summed E-state index contributed by atoms with van der Waals surface area (Å²) in [5.74, 6) is -1.05. The Kier molecular flexibility index (Phi) is 6.37. The zero-order chi connectivity index (χ0) is 17.8. The van der Waals surface area contributed by atoms with Gasteiger partial charge in [-0.05, 0) is 20.8 Å². The highest BCUT2D eigenvalue weighted by Gasteiger charge is 2.33. The van der Waals surface area contributed by atoms with Crippen molar-refractivity contribution in [2.75, 3.05) is 39.8 Å². The number of piperazine rings is 1. The molecule has 1 aliphatic rings. The second kappa shape index (κ2) is 7.45. The van der Waals surface area contributed by atoms with E-state index in [4.69, 9.17) is 9.84 Å². The van der Waals surface area contributed by atoms with E-state index in [0.717, 1.165) is 4.31 Å². The Bertz CT molecular complexity index is 534. The van der Waals surface area contributed by atoms with Crippen molar-refractivity contribution in [3.63, 3.8) is 0 Å². The lowest BCUT2D eigenvalue weighted by Gasteiger charge is -2.36. The summed E-state index contributed by atoms with van der Waals surface area (Å²) in [6.45, 7) is 5.98. The first kappa shape index (κ1) is 19.7. The molecule has 134 valence electrons. The van der Waals surface area contributed by atoms with Crippen molar-refractivity contribution in [1.82, 2.24) is 13.5 Å². The number of carboxylic acid groups (broad SMARTS) is 1. The van der Waals surface area contributed by atoms with Crippen molar-refractivity contribution in [3.05, 3.63) is 0 Å². The Balaban J connectivity index is 2.57. The maximum absolute atomic E-state index is 12.3. The monoisotopic (exact) mass is 351 g/mol. The molecular weight excluding hydrogens is 326 g/mol. The lowest BCUT2D eigenvalue weighted by atomic mass is 10.2. The molecular formula is C13H25N3O6S. The summed E-state index contributed by atoms with van der Waals surface area (Å²) in [6.07, 6.45) is -0.720. The summed E-state index contributed by atoms with van der Waals surface area (Å²) in [5.41, 5.74) is -0.600. The van der Waals surface area contributed by atoms with Crippen LogP contribution in [-0.4, -0.2) is 84.5 Å². The number of hydrogen-bond acceptors (Lipinski definition) is 5. The van der Waals surface area contributed by atoms with Crippen molar-refractivity contribution in [3.8, 4) is 0 Å². The number of carbonyl (C=O) groups excluding carboxylic acids is 1. The fourth-order valence-corrected chi connectivity index (χ4v) is 3.33. The summed E-state index contributed by atoms with van der Waals surface area (Å²) in [4.78, 5) is 24.0. The van der Waals surface area contributed by atoms with Crippen LogP contribution in [0.25, 0.3) is 0 Å². The molecule has 1 N–H and O–H groups in total. The highest BCUT2D eigenvalue weighted by atomic mass is 32.2. The average molecular weight is 351 g/mol. The molecule has 0 aromatic heterocycles. The Morgan fingerprint density at radius 1 is 1.17 bits per heavy atom. The first-order chi connectivity index (χ1) is 10.4. The van der Waals surface area contributed by atoms with Gasteiger partial charge >= 0.3 is 12.1 Å². The van der Waals surface area contributed by atoms with Crippen LogP contribution in [0.2, 0.25) is 0 Å². The van der Waals surface area contributed by atoms with Gasteiger partial charge in [0.2, 0.25) is 0 Å². The molecule has 0 aromatic carbocycles. The first-order valence-corrected chi connectivity index (χ1v) is 8.74. The van der Waals surface area contributed by atoms with Gasteiger partial charge in [0, 0.05) is 39.8 Å². The number of hydrogen-bond donors (Lipinski definition) is 1. The minimum atomic E-state index is -3.72. The second-order valence-corrected chi connectivity index (χ2v) is 8.37. The number of amides is 1. The van der Waals surface area contributed by atoms with E-state index in [1.807, 2.05) is 0 Å². The molecule has 10 heteroatoms. The smallest absolute Gasteiger partial charge is 0.410 e. The highest BCUT2D eigenvalue weighted by Crippen LogP contribution is 2.15. The SMILES string of the molecule is CN(CCC(=O)O)S(=O)(=O)N1CCN(C(=O)OC(C)(C)C)CC1. The summed E-state index contributed by atoms with van der Waals surface area (Å²) >= 11 is 0.